The quantitative estimate of drug-likeness (QED) is 0.200. The first kappa shape index (κ1) is 27.1. The first-order chi connectivity index (χ1) is 22.8. The molecule has 46 heavy (non-hydrogen) atoms. The summed E-state index contributed by atoms with van der Waals surface area (Å²) in [5, 5.41) is 9.47. The van der Waals surface area contributed by atoms with Gasteiger partial charge in [0, 0.05) is 50.4 Å². The number of aromatic nitrogens is 4. The highest BCUT2D eigenvalue weighted by atomic mass is 14.8. The SMILES string of the molecule is N#C/C=C/c1c2nc(c(-c3ccccc3)c3ccc([nH]3)c(-c3ccccc3)c3nc(c(-c4ccccc4)c4ccc1[nH]4)C=C3)C=C2. The standard InChI is InChI=1S/C41H27N5/c42-26-10-17-30-31-18-20-33(43-31)39(27-11-4-1-5-12-27)35-22-24-37(45-35)41(29-15-8-3-9-16-29)38-25-23-36(46-38)40(28-13-6-2-7-14-28)34-21-19-32(30)44-34/h1-25,43,46H/b17-10+,31-30?,32-30?,39-33?,39-35?,40-34?,40-36?,41-37?,41-38?. The molecule has 2 aliphatic heterocycles. The van der Waals surface area contributed by atoms with Crippen molar-refractivity contribution in [1.82, 2.24) is 19.9 Å². The maximum atomic E-state index is 9.47. The summed E-state index contributed by atoms with van der Waals surface area (Å²) in [6, 6.07) is 41.6. The number of fused-ring (bicyclic) bond motifs is 8. The fourth-order valence-electron chi connectivity index (χ4n) is 6.25. The molecule has 2 aliphatic rings. The minimum atomic E-state index is 0.772. The lowest BCUT2D eigenvalue weighted by atomic mass is 10.0. The number of aromatic amines is 2. The van der Waals surface area contributed by atoms with Gasteiger partial charge >= 0.3 is 0 Å². The van der Waals surface area contributed by atoms with Crippen LogP contribution in [0.5, 0.6) is 0 Å². The van der Waals surface area contributed by atoms with Crippen molar-refractivity contribution >= 4 is 52.4 Å². The van der Waals surface area contributed by atoms with Crippen LogP contribution in [0.1, 0.15) is 28.3 Å². The van der Waals surface area contributed by atoms with Gasteiger partial charge in [0.2, 0.25) is 0 Å². The molecule has 0 amide bonds. The number of nitrogens with zero attached hydrogens (tertiary/aromatic N) is 3. The maximum absolute atomic E-state index is 9.47. The van der Waals surface area contributed by atoms with Crippen molar-refractivity contribution in [3.63, 3.8) is 0 Å². The minimum Gasteiger partial charge on any atom is -0.354 e. The van der Waals surface area contributed by atoms with Crippen LogP contribution in [0.4, 0.5) is 0 Å². The Hall–Kier alpha value is -6.51. The van der Waals surface area contributed by atoms with E-state index in [4.69, 9.17) is 9.97 Å². The first-order valence-electron chi connectivity index (χ1n) is 15.2. The van der Waals surface area contributed by atoms with Crippen LogP contribution < -0.4 is 0 Å². The first-order valence-corrected chi connectivity index (χ1v) is 15.2. The van der Waals surface area contributed by atoms with Gasteiger partial charge in [-0.2, -0.15) is 5.26 Å². The maximum Gasteiger partial charge on any atom is 0.0912 e. The van der Waals surface area contributed by atoms with E-state index in [-0.39, 0.29) is 0 Å². The molecule has 0 spiro atoms. The van der Waals surface area contributed by atoms with Crippen molar-refractivity contribution in [1.29, 1.82) is 5.26 Å². The van der Waals surface area contributed by atoms with Crippen LogP contribution in [0.25, 0.3) is 85.8 Å². The predicted molar refractivity (Wildman–Crippen MR) is 190 cm³/mol. The molecule has 0 fully saturated rings. The minimum absolute atomic E-state index is 0.772. The van der Waals surface area contributed by atoms with Gasteiger partial charge in [-0.3, -0.25) is 0 Å². The summed E-state index contributed by atoms with van der Waals surface area (Å²) >= 11 is 0. The molecular formula is C41H27N5. The molecule has 5 heteroatoms. The molecule has 5 nitrogen and oxygen atoms in total. The van der Waals surface area contributed by atoms with Crippen LogP contribution in [0.15, 0.2) is 121 Å². The zero-order valence-electron chi connectivity index (χ0n) is 24.8. The van der Waals surface area contributed by atoms with E-state index in [1.807, 2.05) is 66.8 Å². The molecule has 0 unspecified atom stereocenters. The third kappa shape index (κ3) is 4.85. The molecule has 216 valence electrons. The summed E-state index contributed by atoms with van der Waals surface area (Å²) in [5.41, 5.74) is 14.0. The Morgan fingerprint density at radius 3 is 1.26 bits per heavy atom. The van der Waals surface area contributed by atoms with Crippen LogP contribution in [-0.4, -0.2) is 19.9 Å². The van der Waals surface area contributed by atoms with Crippen molar-refractivity contribution < 1.29 is 0 Å². The summed E-state index contributed by atoms with van der Waals surface area (Å²) < 4.78 is 0. The Bertz CT molecular complexity index is 2370. The highest BCUT2D eigenvalue weighted by Gasteiger charge is 2.17. The van der Waals surface area contributed by atoms with Crippen LogP contribution in [-0.2, 0) is 0 Å². The molecule has 6 aromatic rings. The Balaban J connectivity index is 1.58. The number of H-pyrrole nitrogens is 2. The topological polar surface area (TPSA) is 81.2 Å². The van der Waals surface area contributed by atoms with Gasteiger partial charge in [-0.05, 0) is 71.3 Å². The number of nitriles is 1. The number of hydrogen-bond donors (Lipinski definition) is 2. The van der Waals surface area contributed by atoms with Crippen LogP contribution >= 0.6 is 0 Å². The molecule has 8 bridgehead atoms. The molecule has 0 atom stereocenters. The fraction of sp³-hybridized carbons (Fsp3) is 0. The Labute approximate surface area is 266 Å². The van der Waals surface area contributed by atoms with Gasteiger partial charge in [0.1, 0.15) is 0 Å². The van der Waals surface area contributed by atoms with E-state index < -0.39 is 0 Å². The molecule has 0 saturated heterocycles. The largest absolute Gasteiger partial charge is 0.354 e. The molecule has 8 rings (SSSR count). The van der Waals surface area contributed by atoms with E-state index in [1.165, 1.54) is 6.08 Å². The average Bonchev–Trinajstić information content (AvgIpc) is 3.93. The van der Waals surface area contributed by atoms with E-state index in [0.717, 1.165) is 83.8 Å². The molecule has 0 saturated carbocycles. The third-order valence-electron chi connectivity index (χ3n) is 8.31. The Morgan fingerprint density at radius 2 is 0.826 bits per heavy atom. The van der Waals surface area contributed by atoms with Gasteiger partial charge in [0.15, 0.2) is 0 Å². The fourth-order valence-corrected chi connectivity index (χ4v) is 6.25. The van der Waals surface area contributed by atoms with E-state index >= 15 is 0 Å². The van der Waals surface area contributed by atoms with Crippen molar-refractivity contribution in [3.05, 3.63) is 150 Å². The van der Waals surface area contributed by atoms with Crippen LogP contribution in [0, 0.1) is 11.3 Å². The molecule has 3 aromatic carbocycles. The van der Waals surface area contributed by atoms with E-state index in [9.17, 15) is 5.26 Å². The smallest absolute Gasteiger partial charge is 0.0912 e. The summed E-state index contributed by atoms with van der Waals surface area (Å²) in [6.07, 6.45) is 11.6. The lowest BCUT2D eigenvalue weighted by Crippen LogP contribution is -1.89. The summed E-state index contributed by atoms with van der Waals surface area (Å²) in [7, 11) is 0. The molecular weight excluding hydrogens is 562 g/mol. The second-order valence-electron chi connectivity index (χ2n) is 11.1. The number of nitrogens with one attached hydrogen (secondary N) is 2. The monoisotopic (exact) mass is 589 g/mol. The molecule has 5 heterocycles. The number of allylic oxidation sites excluding steroid dienone is 1. The van der Waals surface area contributed by atoms with Gasteiger partial charge in [-0.1, -0.05) is 91.0 Å². The highest BCUT2D eigenvalue weighted by molar-refractivity contribution is 5.98. The number of hydrogen-bond acceptors (Lipinski definition) is 3. The second-order valence-corrected chi connectivity index (χ2v) is 11.1. The van der Waals surface area contributed by atoms with Crippen molar-refractivity contribution in [3.8, 4) is 39.4 Å². The van der Waals surface area contributed by atoms with Crippen molar-refractivity contribution in [2.24, 2.45) is 0 Å². The van der Waals surface area contributed by atoms with Crippen LogP contribution in [0.3, 0.4) is 0 Å². The van der Waals surface area contributed by atoms with Gasteiger partial charge in [0.25, 0.3) is 0 Å². The summed E-state index contributed by atoms with van der Waals surface area (Å²) in [6.45, 7) is 0. The normalized spacial score (nSPS) is 12.1. The zero-order chi connectivity index (χ0) is 30.9. The third-order valence-corrected chi connectivity index (χ3v) is 8.31. The zero-order valence-corrected chi connectivity index (χ0v) is 24.8. The second kappa shape index (κ2) is 11.5. The molecule has 0 radical (unpaired) electrons. The predicted octanol–water partition coefficient (Wildman–Crippen LogP) is 10.2. The van der Waals surface area contributed by atoms with Gasteiger partial charge in [-0.15, -0.1) is 0 Å². The highest BCUT2D eigenvalue weighted by Crippen LogP contribution is 2.36. The average molecular weight is 590 g/mol. The van der Waals surface area contributed by atoms with E-state index in [1.54, 1.807) is 0 Å². The summed E-state index contributed by atoms with van der Waals surface area (Å²) in [5.74, 6) is 0. The van der Waals surface area contributed by atoms with Gasteiger partial charge in [-0.25, -0.2) is 9.97 Å². The lowest BCUT2D eigenvalue weighted by molar-refractivity contribution is 1.30. The molecule has 0 aliphatic carbocycles. The number of rotatable bonds is 4. The van der Waals surface area contributed by atoms with Crippen molar-refractivity contribution in [2.45, 2.75) is 0 Å². The number of benzene rings is 3. The summed E-state index contributed by atoms with van der Waals surface area (Å²) in [4.78, 5) is 17.8. The van der Waals surface area contributed by atoms with Gasteiger partial charge < -0.3 is 9.97 Å². The molecule has 3 aromatic heterocycles. The van der Waals surface area contributed by atoms with Gasteiger partial charge in [0.05, 0.1) is 28.8 Å². The van der Waals surface area contributed by atoms with Crippen LogP contribution in [0.2, 0.25) is 0 Å². The van der Waals surface area contributed by atoms with Crippen molar-refractivity contribution in [2.75, 3.05) is 0 Å². The van der Waals surface area contributed by atoms with E-state index in [2.05, 4.69) is 94.9 Å². The van der Waals surface area contributed by atoms with E-state index in [0.29, 0.717) is 0 Å². The Kier molecular flexibility index (Phi) is 6.79. The molecule has 2 N–H and O–H groups in total. The lowest BCUT2D eigenvalue weighted by Gasteiger charge is -2.06. The Morgan fingerprint density at radius 1 is 0.457 bits per heavy atom.